The number of anilines is 3. The molecule has 2 heterocycles. The number of benzene rings is 1. The van der Waals surface area contributed by atoms with E-state index in [2.05, 4.69) is 56.5 Å². The lowest BCUT2D eigenvalue weighted by Crippen LogP contribution is -2.31. The lowest BCUT2D eigenvalue weighted by Gasteiger charge is -2.27. The van der Waals surface area contributed by atoms with Gasteiger partial charge in [-0.15, -0.1) is 5.10 Å². The summed E-state index contributed by atoms with van der Waals surface area (Å²) in [4.78, 5) is 6.72. The van der Waals surface area contributed by atoms with Crippen LogP contribution >= 0.6 is 0 Å². The normalized spacial score (nSPS) is 10.8. The van der Waals surface area contributed by atoms with E-state index >= 15 is 0 Å². The van der Waals surface area contributed by atoms with Gasteiger partial charge < -0.3 is 14.7 Å². The van der Waals surface area contributed by atoms with E-state index in [-0.39, 0.29) is 6.04 Å². The minimum atomic E-state index is 0.268. The Balaban J connectivity index is 1.81. The van der Waals surface area contributed by atoms with Crippen LogP contribution in [0, 0.1) is 6.92 Å². The summed E-state index contributed by atoms with van der Waals surface area (Å²) in [7, 11) is 0. The summed E-state index contributed by atoms with van der Waals surface area (Å²) < 4.78 is 5.03. The molecule has 0 amide bonds. The molecule has 24 heavy (non-hydrogen) atoms. The Hall–Kier alpha value is -2.96. The van der Waals surface area contributed by atoms with Crippen molar-refractivity contribution in [3.63, 3.8) is 0 Å². The molecule has 7 nitrogen and oxygen atoms in total. The molecule has 124 valence electrons. The summed E-state index contributed by atoms with van der Waals surface area (Å²) >= 11 is 0. The van der Waals surface area contributed by atoms with Crippen molar-refractivity contribution in [3.8, 4) is 0 Å². The van der Waals surface area contributed by atoms with Crippen LogP contribution in [-0.4, -0.2) is 26.4 Å². The number of nitrogens with zero attached hydrogens (tertiary/aromatic N) is 5. The minimum Gasteiger partial charge on any atom is -0.360 e. The highest BCUT2D eigenvalue weighted by Gasteiger charge is 2.14. The summed E-state index contributed by atoms with van der Waals surface area (Å²) in [5, 5.41) is 15.0. The standard InChI is InChI=1S/C17H20N6O/c1-12(2)23(11-14-7-5-4-6-8-14)16-10-18-21-17(20-16)19-15-9-13(3)24-22-15/h4-10,12H,11H2,1-3H3,(H,19,20,21,22). The molecule has 0 saturated carbocycles. The molecule has 3 rings (SSSR count). The predicted molar refractivity (Wildman–Crippen MR) is 92.1 cm³/mol. The first kappa shape index (κ1) is 15.9. The number of nitrogens with one attached hydrogen (secondary N) is 1. The average Bonchev–Trinajstić information content (AvgIpc) is 2.98. The summed E-state index contributed by atoms with van der Waals surface area (Å²) in [6.07, 6.45) is 1.67. The molecule has 0 fully saturated rings. The zero-order valence-corrected chi connectivity index (χ0v) is 14.0. The van der Waals surface area contributed by atoms with Crippen molar-refractivity contribution >= 4 is 17.6 Å². The molecule has 0 aliphatic rings. The van der Waals surface area contributed by atoms with Crippen LogP contribution in [0.4, 0.5) is 17.6 Å². The van der Waals surface area contributed by atoms with Crippen LogP contribution in [0.15, 0.2) is 47.1 Å². The maximum absolute atomic E-state index is 5.03. The molecule has 1 N–H and O–H groups in total. The molecule has 0 aliphatic carbocycles. The third-order valence-corrected chi connectivity index (χ3v) is 3.53. The van der Waals surface area contributed by atoms with E-state index in [0.29, 0.717) is 11.8 Å². The highest BCUT2D eigenvalue weighted by atomic mass is 16.5. The van der Waals surface area contributed by atoms with Crippen LogP contribution in [-0.2, 0) is 6.54 Å². The fraction of sp³-hybridized carbons (Fsp3) is 0.294. The number of hydrogen-bond acceptors (Lipinski definition) is 7. The zero-order valence-electron chi connectivity index (χ0n) is 14.0. The fourth-order valence-electron chi connectivity index (χ4n) is 2.33. The minimum absolute atomic E-state index is 0.268. The Morgan fingerprint density at radius 2 is 2.00 bits per heavy atom. The van der Waals surface area contributed by atoms with Crippen molar-refractivity contribution in [2.45, 2.75) is 33.4 Å². The fourth-order valence-corrected chi connectivity index (χ4v) is 2.33. The van der Waals surface area contributed by atoms with Gasteiger partial charge in [-0.05, 0) is 26.3 Å². The van der Waals surface area contributed by atoms with Crippen LogP contribution in [0.3, 0.4) is 0 Å². The van der Waals surface area contributed by atoms with Gasteiger partial charge in [-0.3, -0.25) is 0 Å². The molecule has 3 aromatic rings. The lowest BCUT2D eigenvalue weighted by molar-refractivity contribution is 0.400. The molecule has 0 spiro atoms. The Morgan fingerprint density at radius 3 is 2.67 bits per heavy atom. The molecule has 0 aliphatic heterocycles. The van der Waals surface area contributed by atoms with Gasteiger partial charge in [0, 0.05) is 18.7 Å². The third-order valence-electron chi connectivity index (χ3n) is 3.53. The van der Waals surface area contributed by atoms with Gasteiger partial charge in [-0.1, -0.05) is 35.5 Å². The first-order valence-corrected chi connectivity index (χ1v) is 7.82. The van der Waals surface area contributed by atoms with Crippen molar-refractivity contribution in [2.24, 2.45) is 0 Å². The number of aryl methyl sites for hydroxylation is 1. The van der Waals surface area contributed by atoms with Gasteiger partial charge in [0.25, 0.3) is 0 Å². The maximum Gasteiger partial charge on any atom is 0.250 e. The first-order chi connectivity index (χ1) is 11.6. The molecule has 0 atom stereocenters. The second-order valence-electron chi connectivity index (χ2n) is 5.79. The van der Waals surface area contributed by atoms with Crippen molar-refractivity contribution in [1.29, 1.82) is 0 Å². The van der Waals surface area contributed by atoms with Crippen LogP contribution in [0.5, 0.6) is 0 Å². The summed E-state index contributed by atoms with van der Waals surface area (Å²) in [6.45, 7) is 6.83. The Morgan fingerprint density at radius 1 is 1.21 bits per heavy atom. The van der Waals surface area contributed by atoms with Crippen LogP contribution < -0.4 is 10.2 Å². The van der Waals surface area contributed by atoms with E-state index < -0.39 is 0 Å². The predicted octanol–water partition coefficient (Wildman–Crippen LogP) is 3.33. The van der Waals surface area contributed by atoms with Gasteiger partial charge in [0.2, 0.25) is 5.95 Å². The smallest absolute Gasteiger partial charge is 0.250 e. The number of aromatic nitrogens is 4. The zero-order chi connectivity index (χ0) is 16.9. The molecule has 7 heteroatoms. The molecule has 0 bridgehead atoms. The third kappa shape index (κ3) is 3.87. The van der Waals surface area contributed by atoms with Gasteiger partial charge in [0.05, 0.1) is 6.20 Å². The van der Waals surface area contributed by atoms with Gasteiger partial charge in [-0.2, -0.15) is 10.1 Å². The van der Waals surface area contributed by atoms with E-state index in [1.54, 1.807) is 12.3 Å². The molecule has 0 radical (unpaired) electrons. The summed E-state index contributed by atoms with van der Waals surface area (Å²) in [5.41, 5.74) is 1.21. The number of hydrogen-bond donors (Lipinski definition) is 1. The monoisotopic (exact) mass is 324 g/mol. The van der Waals surface area contributed by atoms with Gasteiger partial charge in [0.1, 0.15) is 5.76 Å². The molecule has 0 saturated heterocycles. The molecular weight excluding hydrogens is 304 g/mol. The van der Waals surface area contributed by atoms with Crippen LogP contribution in [0.2, 0.25) is 0 Å². The maximum atomic E-state index is 5.03. The van der Waals surface area contributed by atoms with Crippen molar-refractivity contribution < 1.29 is 4.52 Å². The lowest BCUT2D eigenvalue weighted by atomic mass is 10.2. The molecule has 2 aromatic heterocycles. The molecule has 1 aromatic carbocycles. The van der Waals surface area contributed by atoms with Crippen molar-refractivity contribution in [2.75, 3.05) is 10.2 Å². The highest BCUT2D eigenvalue weighted by Crippen LogP contribution is 2.19. The van der Waals surface area contributed by atoms with Gasteiger partial charge in [0.15, 0.2) is 11.6 Å². The highest BCUT2D eigenvalue weighted by molar-refractivity contribution is 5.50. The van der Waals surface area contributed by atoms with Crippen molar-refractivity contribution in [1.82, 2.24) is 20.3 Å². The second kappa shape index (κ2) is 7.08. The van der Waals surface area contributed by atoms with Crippen LogP contribution in [0.1, 0.15) is 25.2 Å². The van der Waals surface area contributed by atoms with E-state index in [1.165, 1.54) is 5.56 Å². The number of rotatable bonds is 6. The molecular formula is C17H20N6O. The van der Waals surface area contributed by atoms with Gasteiger partial charge in [-0.25, -0.2) is 0 Å². The van der Waals surface area contributed by atoms with Crippen LogP contribution in [0.25, 0.3) is 0 Å². The molecule has 0 unspecified atom stereocenters. The summed E-state index contributed by atoms with van der Waals surface area (Å²) in [6, 6.07) is 12.3. The van der Waals surface area contributed by atoms with E-state index in [0.717, 1.165) is 18.1 Å². The van der Waals surface area contributed by atoms with Crippen molar-refractivity contribution in [3.05, 3.63) is 53.9 Å². The topological polar surface area (TPSA) is 80.0 Å². The van der Waals surface area contributed by atoms with E-state index in [9.17, 15) is 0 Å². The van der Waals surface area contributed by atoms with E-state index in [4.69, 9.17) is 4.52 Å². The Kier molecular flexibility index (Phi) is 4.69. The summed E-state index contributed by atoms with van der Waals surface area (Å²) in [5.74, 6) is 2.42. The second-order valence-corrected chi connectivity index (χ2v) is 5.79. The quantitative estimate of drug-likeness (QED) is 0.745. The van der Waals surface area contributed by atoms with Gasteiger partial charge >= 0.3 is 0 Å². The first-order valence-electron chi connectivity index (χ1n) is 7.82. The Labute approximate surface area is 140 Å². The Bertz CT molecular complexity index is 787. The largest absolute Gasteiger partial charge is 0.360 e. The SMILES string of the molecule is Cc1cc(Nc2nncc(N(Cc3ccccc3)C(C)C)n2)no1. The average molecular weight is 324 g/mol. The van der Waals surface area contributed by atoms with E-state index in [1.807, 2.05) is 25.1 Å².